The highest BCUT2D eigenvalue weighted by Gasteiger charge is 2.33. The number of thiophene rings is 1. The minimum absolute atomic E-state index is 0.0363. The molecule has 0 aliphatic rings. The molecule has 5 aromatic rings. The van der Waals surface area contributed by atoms with Crippen LogP contribution in [0.5, 0.6) is 5.75 Å². The predicted molar refractivity (Wildman–Crippen MR) is 144 cm³/mol. The summed E-state index contributed by atoms with van der Waals surface area (Å²) in [6, 6.07) is 19.1. The number of anilines is 1. The molecule has 40 heavy (non-hydrogen) atoms. The van der Waals surface area contributed by atoms with E-state index in [-0.39, 0.29) is 18.0 Å². The lowest BCUT2D eigenvalue weighted by atomic mass is 10.0. The zero-order chi connectivity index (χ0) is 28.1. The van der Waals surface area contributed by atoms with Crippen molar-refractivity contribution in [1.82, 2.24) is 25.5 Å². The van der Waals surface area contributed by atoms with Crippen LogP contribution in [-0.2, 0) is 22.7 Å². The normalized spacial score (nSPS) is 11.7. The summed E-state index contributed by atoms with van der Waals surface area (Å²) in [5.41, 5.74) is 1.12. The van der Waals surface area contributed by atoms with Crippen molar-refractivity contribution >= 4 is 28.8 Å². The van der Waals surface area contributed by atoms with Crippen molar-refractivity contribution in [3.8, 4) is 16.5 Å². The molecule has 1 atom stereocenters. The zero-order valence-corrected chi connectivity index (χ0v) is 21.6. The lowest BCUT2D eigenvalue weighted by Gasteiger charge is -2.31. The number of benzene rings is 3. The number of rotatable bonds is 9. The summed E-state index contributed by atoms with van der Waals surface area (Å²) in [7, 11) is 0. The third kappa shape index (κ3) is 6.18. The number of hydrogen-bond acceptors (Lipinski definition) is 7. The molecule has 5 rings (SSSR count). The molecule has 0 spiro atoms. The molecule has 9 nitrogen and oxygen atoms in total. The fraction of sp³-hybridized carbons (Fsp3) is 0.107. The average molecular weight is 561 g/mol. The lowest BCUT2D eigenvalue weighted by Crippen LogP contribution is -2.45. The van der Waals surface area contributed by atoms with Crippen molar-refractivity contribution in [1.29, 1.82) is 0 Å². The Hall–Kier alpha value is -4.97. The van der Waals surface area contributed by atoms with Gasteiger partial charge in [0.1, 0.15) is 30.0 Å². The molecular weight excluding hydrogens is 538 g/mol. The summed E-state index contributed by atoms with van der Waals surface area (Å²) >= 11 is 1.42. The number of amides is 2. The highest BCUT2D eigenvalue weighted by atomic mass is 32.1. The number of aromatic nitrogens is 4. The van der Waals surface area contributed by atoms with Gasteiger partial charge in [0.25, 0.3) is 5.91 Å². The molecule has 0 aliphatic heterocycles. The number of aromatic hydroxyl groups is 1. The fourth-order valence-corrected chi connectivity index (χ4v) is 4.69. The second-order valence-corrected chi connectivity index (χ2v) is 9.65. The van der Waals surface area contributed by atoms with Gasteiger partial charge < -0.3 is 10.4 Å². The topological polar surface area (TPSA) is 113 Å². The first-order valence-corrected chi connectivity index (χ1v) is 13.0. The summed E-state index contributed by atoms with van der Waals surface area (Å²) in [5.74, 6) is -1.92. The number of phenolic OH excluding ortho intramolecular Hbond substituents is 1. The number of tetrazole rings is 1. The molecular formula is C28H22F2N6O3S. The summed E-state index contributed by atoms with van der Waals surface area (Å²) in [4.78, 5) is 30.6. The van der Waals surface area contributed by atoms with E-state index in [0.29, 0.717) is 17.0 Å². The first-order valence-electron chi connectivity index (χ1n) is 12.1. The summed E-state index contributed by atoms with van der Waals surface area (Å²) in [6.45, 7) is -0.345. The molecule has 0 bridgehead atoms. The smallest absolute Gasteiger partial charge is 0.251 e. The van der Waals surface area contributed by atoms with Gasteiger partial charge in [-0.2, -0.15) is 4.80 Å². The second-order valence-electron chi connectivity index (χ2n) is 8.70. The minimum Gasteiger partial charge on any atom is -0.508 e. The van der Waals surface area contributed by atoms with Crippen molar-refractivity contribution in [3.05, 3.63) is 113 Å². The third-order valence-corrected chi connectivity index (χ3v) is 6.79. The van der Waals surface area contributed by atoms with E-state index in [1.807, 2.05) is 17.5 Å². The molecule has 12 heteroatoms. The molecule has 0 aliphatic carbocycles. The number of carbonyl (C=O) groups is 2. The average Bonchev–Trinajstić information content (AvgIpc) is 3.64. The predicted octanol–water partition coefficient (Wildman–Crippen LogP) is 4.48. The molecule has 202 valence electrons. The van der Waals surface area contributed by atoms with E-state index < -0.39 is 36.0 Å². The van der Waals surface area contributed by atoms with Crippen molar-refractivity contribution in [2.45, 2.75) is 19.1 Å². The summed E-state index contributed by atoms with van der Waals surface area (Å²) < 4.78 is 27.7. The van der Waals surface area contributed by atoms with Crippen LogP contribution in [0.25, 0.3) is 10.7 Å². The molecule has 2 aromatic heterocycles. The Morgan fingerprint density at radius 1 is 0.975 bits per heavy atom. The Kier molecular flexibility index (Phi) is 7.87. The van der Waals surface area contributed by atoms with E-state index in [4.69, 9.17) is 0 Å². The second kappa shape index (κ2) is 11.8. The first-order chi connectivity index (χ1) is 19.4. The van der Waals surface area contributed by atoms with Gasteiger partial charge in [-0.25, -0.2) is 8.78 Å². The van der Waals surface area contributed by atoms with Gasteiger partial charge in [-0.05, 0) is 70.3 Å². The molecule has 2 heterocycles. The fourth-order valence-electron chi connectivity index (χ4n) is 4.04. The number of halogens is 2. The van der Waals surface area contributed by atoms with Gasteiger partial charge in [0, 0.05) is 12.2 Å². The maximum atomic E-state index is 14.4. The van der Waals surface area contributed by atoms with E-state index >= 15 is 0 Å². The molecule has 3 aromatic carbocycles. The van der Waals surface area contributed by atoms with E-state index in [1.54, 1.807) is 0 Å². The van der Waals surface area contributed by atoms with Crippen molar-refractivity contribution in [3.63, 3.8) is 0 Å². The molecule has 0 radical (unpaired) electrons. The Morgan fingerprint density at radius 3 is 2.45 bits per heavy atom. The number of phenols is 1. The van der Waals surface area contributed by atoms with Crippen LogP contribution in [0.3, 0.4) is 0 Å². The minimum atomic E-state index is -1.27. The zero-order valence-electron chi connectivity index (χ0n) is 20.8. The van der Waals surface area contributed by atoms with Crippen LogP contribution in [-0.4, -0.2) is 37.1 Å². The van der Waals surface area contributed by atoms with Gasteiger partial charge in [0.05, 0.1) is 4.88 Å². The largest absolute Gasteiger partial charge is 0.508 e. The van der Waals surface area contributed by atoms with Crippen LogP contribution in [0, 0.1) is 11.6 Å². The highest BCUT2D eigenvalue weighted by molar-refractivity contribution is 7.13. The maximum Gasteiger partial charge on any atom is 0.251 e. The molecule has 0 fully saturated rings. The summed E-state index contributed by atoms with van der Waals surface area (Å²) in [6.07, 6.45) is 0. The van der Waals surface area contributed by atoms with Gasteiger partial charge >= 0.3 is 0 Å². The molecule has 0 saturated carbocycles. The maximum absolute atomic E-state index is 14.4. The number of carbonyl (C=O) groups excluding carboxylic acids is 2. The van der Waals surface area contributed by atoms with Crippen molar-refractivity contribution in [2.24, 2.45) is 0 Å². The molecule has 2 N–H and O–H groups in total. The van der Waals surface area contributed by atoms with Crippen LogP contribution < -0.4 is 10.2 Å². The SMILES string of the molecule is O=C(NCc1ccc(F)cc1)C(c1ccc(O)cc1)N(C(=O)Cn1nnc(-c2cccs2)n1)c1cccc(F)c1. The van der Waals surface area contributed by atoms with E-state index in [2.05, 4.69) is 20.7 Å². The third-order valence-electron chi connectivity index (χ3n) is 5.92. The van der Waals surface area contributed by atoms with Crippen LogP contribution in [0.1, 0.15) is 17.2 Å². The Morgan fingerprint density at radius 2 is 1.75 bits per heavy atom. The Balaban J connectivity index is 1.50. The van der Waals surface area contributed by atoms with Crippen LogP contribution in [0.15, 0.2) is 90.3 Å². The van der Waals surface area contributed by atoms with E-state index in [9.17, 15) is 23.5 Å². The Labute approximate surface area is 231 Å². The van der Waals surface area contributed by atoms with Gasteiger partial charge in [-0.15, -0.1) is 21.5 Å². The van der Waals surface area contributed by atoms with Crippen LogP contribution in [0.4, 0.5) is 14.5 Å². The highest BCUT2D eigenvalue weighted by Crippen LogP contribution is 2.30. The molecule has 1 unspecified atom stereocenters. The van der Waals surface area contributed by atoms with Crippen molar-refractivity contribution < 1.29 is 23.5 Å². The van der Waals surface area contributed by atoms with Gasteiger partial charge in [0.15, 0.2) is 0 Å². The monoisotopic (exact) mass is 560 g/mol. The quantitative estimate of drug-likeness (QED) is 0.275. The van der Waals surface area contributed by atoms with E-state index in [0.717, 1.165) is 20.6 Å². The molecule has 0 saturated heterocycles. The van der Waals surface area contributed by atoms with Gasteiger partial charge in [-0.3, -0.25) is 14.5 Å². The van der Waals surface area contributed by atoms with Crippen LogP contribution >= 0.6 is 11.3 Å². The number of nitrogens with one attached hydrogen (secondary N) is 1. The summed E-state index contributed by atoms with van der Waals surface area (Å²) in [5, 5.41) is 26.7. The number of hydrogen-bond donors (Lipinski definition) is 2. The lowest BCUT2D eigenvalue weighted by molar-refractivity contribution is -0.127. The van der Waals surface area contributed by atoms with Gasteiger partial charge in [-0.1, -0.05) is 36.4 Å². The first kappa shape index (κ1) is 26.6. The van der Waals surface area contributed by atoms with Crippen LogP contribution in [0.2, 0.25) is 0 Å². The van der Waals surface area contributed by atoms with Crippen molar-refractivity contribution in [2.75, 3.05) is 4.90 Å². The van der Waals surface area contributed by atoms with E-state index in [1.165, 1.54) is 78.1 Å². The molecule has 2 amide bonds. The van der Waals surface area contributed by atoms with Gasteiger partial charge in [0.2, 0.25) is 11.7 Å². The standard InChI is InChI=1S/C28H22F2N6O3S/c29-20-10-6-18(7-11-20)16-31-28(39)26(19-8-12-23(37)13-9-19)36(22-4-1-3-21(30)15-22)25(38)17-35-33-27(32-34-35)24-5-2-14-40-24/h1-15,26,37H,16-17H2,(H,31,39). The Bertz CT molecular complexity index is 1610. The number of nitrogens with zero attached hydrogens (tertiary/aromatic N) is 5.